The summed E-state index contributed by atoms with van der Waals surface area (Å²) in [6.07, 6.45) is 2.62. The minimum atomic E-state index is 0.722. The topological polar surface area (TPSA) is 12.0 Å². The fraction of sp³-hybridized carbons (Fsp3) is 0.286. The van der Waals surface area contributed by atoms with Gasteiger partial charge in [-0.2, -0.15) is 11.3 Å². The third-order valence-electron chi connectivity index (χ3n) is 3.14. The Kier molecular flexibility index (Phi) is 3.76. The normalized spacial score (nSPS) is 15.0. The van der Waals surface area contributed by atoms with E-state index in [1.807, 2.05) is 6.07 Å². The average Bonchev–Trinajstić information content (AvgIpc) is 3.09. The first kappa shape index (κ1) is 12.7. The summed E-state index contributed by atoms with van der Waals surface area (Å²) in [6, 6.07) is 6.87. The number of hydrogen-bond acceptors (Lipinski definition) is 2. The van der Waals surface area contributed by atoms with Gasteiger partial charge in [0.15, 0.2) is 0 Å². The van der Waals surface area contributed by atoms with Crippen LogP contribution in [0.2, 0.25) is 5.02 Å². The summed E-state index contributed by atoms with van der Waals surface area (Å²) in [5.74, 6) is 0. The third kappa shape index (κ3) is 2.80. The Morgan fingerprint density at radius 1 is 1.28 bits per heavy atom. The SMILES string of the molecule is Clc1ccc(CNC2CC2)c(-c2cscc2Br)c1. The van der Waals surface area contributed by atoms with E-state index in [-0.39, 0.29) is 0 Å². The largest absolute Gasteiger partial charge is 0.310 e. The van der Waals surface area contributed by atoms with Crippen LogP contribution in [0.15, 0.2) is 33.4 Å². The summed E-state index contributed by atoms with van der Waals surface area (Å²) in [5.41, 5.74) is 3.77. The van der Waals surface area contributed by atoms with Crippen molar-refractivity contribution in [3.05, 3.63) is 44.0 Å². The molecule has 0 radical (unpaired) electrons. The smallest absolute Gasteiger partial charge is 0.0412 e. The number of hydrogen-bond donors (Lipinski definition) is 1. The number of thiophene rings is 1. The van der Waals surface area contributed by atoms with Crippen LogP contribution in [0.4, 0.5) is 0 Å². The maximum Gasteiger partial charge on any atom is 0.0412 e. The van der Waals surface area contributed by atoms with E-state index >= 15 is 0 Å². The molecule has 0 atom stereocenters. The first-order chi connectivity index (χ1) is 8.74. The van der Waals surface area contributed by atoms with Crippen LogP contribution in [0, 0.1) is 0 Å². The number of halogens is 2. The van der Waals surface area contributed by atoms with E-state index in [0.29, 0.717) is 0 Å². The molecule has 2 aromatic rings. The molecular formula is C14H13BrClNS. The van der Waals surface area contributed by atoms with E-state index in [1.165, 1.54) is 29.5 Å². The van der Waals surface area contributed by atoms with Crippen molar-refractivity contribution >= 4 is 38.9 Å². The molecule has 1 nitrogen and oxygen atoms in total. The fourth-order valence-corrected chi connectivity index (χ4v) is 3.65. The molecule has 18 heavy (non-hydrogen) atoms. The molecule has 1 aliphatic rings. The van der Waals surface area contributed by atoms with Crippen molar-refractivity contribution in [2.75, 3.05) is 0 Å². The summed E-state index contributed by atoms with van der Waals surface area (Å²) in [6.45, 7) is 0.916. The molecular weight excluding hydrogens is 330 g/mol. The highest BCUT2D eigenvalue weighted by Crippen LogP contribution is 2.35. The van der Waals surface area contributed by atoms with Crippen molar-refractivity contribution < 1.29 is 0 Å². The Morgan fingerprint density at radius 3 is 2.78 bits per heavy atom. The first-order valence-corrected chi connectivity index (χ1v) is 8.09. The van der Waals surface area contributed by atoms with Gasteiger partial charge in [-0.1, -0.05) is 17.7 Å². The number of benzene rings is 1. The zero-order chi connectivity index (χ0) is 12.5. The summed E-state index contributed by atoms with van der Waals surface area (Å²) >= 11 is 11.4. The van der Waals surface area contributed by atoms with E-state index in [1.54, 1.807) is 11.3 Å². The van der Waals surface area contributed by atoms with Gasteiger partial charge in [0.1, 0.15) is 0 Å². The second kappa shape index (κ2) is 5.33. The van der Waals surface area contributed by atoms with Crippen molar-refractivity contribution in [3.63, 3.8) is 0 Å². The monoisotopic (exact) mass is 341 g/mol. The molecule has 1 aliphatic carbocycles. The van der Waals surface area contributed by atoms with Gasteiger partial charge in [-0.15, -0.1) is 0 Å². The molecule has 0 aliphatic heterocycles. The van der Waals surface area contributed by atoms with Gasteiger partial charge in [-0.05, 0) is 57.4 Å². The maximum absolute atomic E-state index is 6.13. The second-order valence-corrected chi connectivity index (χ2v) is 6.62. The molecule has 1 aromatic heterocycles. The van der Waals surface area contributed by atoms with E-state index in [2.05, 4.69) is 44.1 Å². The Morgan fingerprint density at radius 2 is 2.11 bits per heavy atom. The quantitative estimate of drug-likeness (QED) is 0.816. The van der Waals surface area contributed by atoms with Gasteiger partial charge in [0.2, 0.25) is 0 Å². The molecule has 1 N–H and O–H groups in total. The van der Waals surface area contributed by atoms with Crippen molar-refractivity contribution in [3.8, 4) is 11.1 Å². The molecule has 0 saturated heterocycles. The van der Waals surface area contributed by atoms with Crippen LogP contribution >= 0.6 is 38.9 Å². The van der Waals surface area contributed by atoms with E-state index < -0.39 is 0 Å². The van der Waals surface area contributed by atoms with Gasteiger partial charge < -0.3 is 5.32 Å². The summed E-state index contributed by atoms with van der Waals surface area (Å²) in [5, 5.41) is 8.62. The highest BCUT2D eigenvalue weighted by molar-refractivity contribution is 9.10. The van der Waals surface area contributed by atoms with Crippen LogP contribution < -0.4 is 5.32 Å². The van der Waals surface area contributed by atoms with Crippen LogP contribution in [-0.2, 0) is 6.54 Å². The van der Waals surface area contributed by atoms with Gasteiger partial charge in [0.25, 0.3) is 0 Å². The average molecular weight is 343 g/mol. The standard InChI is InChI=1S/C14H13BrClNS/c15-14-8-18-7-13(14)12-5-10(16)2-1-9(12)6-17-11-3-4-11/h1-2,5,7-8,11,17H,3-4,6H2. The van der Waals surface area contributed by atoms with Gasteiger partial charge in [0, 0.05) is 33.0 Å². The highest BCUT2D eigenvalue weighted by Gasteiger charge is 2.20. The predicted octanol–water partition coefficient (Wildman–Crippen LogP) is 5.08. The lowest BCUT2D eigenvalue weighted by molar-refractivity contribution is 0.689. The molecule has 3 rings (SSSR count). The zero-order valence-electron chi connectivity index (χ0n) is 9.75. The van der Waals surface area contributed by atoms with Crippen LogP contribution in [0.1, 0.15) is 18.4 Å². The predicted molar refractivity (Wildman–Crippen MR) is 82.3 cm³/mol. The van der Waals surface area contributed by atoms with Gasteiger partial charge in [0.05, 0.1) is 0 Å². The first-order valence-electron chi connectivity index (χ1n) is 5.98. The maximum atomic E-state index is 6.13. The third-order valence-corrected chi connectivity index (χ3v) is 5.07. The number of nitrogens with one attached hydrogen (secondary N) is 1. The van der Waals surface area contributed by atoms with Crippen molar-refractivity contribution in [1.29, 1.82) is 0 Å². The van der Waals surface area contributed by atoms with Crippen LogP contribution in [-0.4, -0.2) is 6.04 Å². The Bertz CT molecular complexity index is 563. The Balaban J connectivity index is 1.94. The Hall–Kier alpha value is -0.350. The molecule has 94 valence electrons. The molecule has 1 fully saturated rings. The molecule has 1 heterocycles. The molecule has 0 unspecified atom stereocenters. The van der Waals surface area contributed by atoms with Gasteiger partial charge in [-0.3, -0.25) is 0 Å². The molecule has 1 saturated carbocycles. The van der Waals surface area contributed by atoms with Crippen LogP contribution in [0.5, 0.6) is 0 Å². The van der Waals surface area contributed by atoms with Gasteiger partial charge >= 0.3 is 0 Å². The molecule has 0 spiro atoms. The molecule has 1 aromatic carbocycles. The Labute approximate surface area is 124 Å². The molecule has 4 heteroatoms. The van der Waals surface area contributed by atoms with E-state index in [4.69, 9.17) is 11.6 Å². The van der Waals surface area contributed by atoms with Gasteiger partial charge in [-0.25, -0.2) is 0 Å². The lowest BCUT2D eigenvalue weighted by Gasteiger charge is -2.10. The molecule has 0 amide bonds. The minimum absolute atomic E-state index is 0.722. The van der Waals surface area contributed by atoms with Crippen LogP contribution in [0.3, 0.4) is 0 Å². The molecule has 0 bridgehead atoms. The summed E-state index contributed by atoms with van der Waals surface area (Å²) in [4.78, 5) is 0. The van der Waals surface area contributed by atoms with E-state index in [9.17, 15) is 0 Å². The van der Waals surface area contributed by atoms with Crippen molar-refractivity contribution in [2.45, 2.75) is 25.4 Å². The van der Waals surface area contributed by atoms with Crippen molar-refractivity contribution in [2.24, 2.45) is 0 Å². The lowest BCUT2D eigenvalue weighted by atomic mass is 10.0. The van der Waals surface area contributed by atoms with Crippen molar-refractivity contribution in [1.82, 2.24) is 5.32 Å². The fourth-order valence-electron chi connectivity index (χ4n) is 1.97. The zero-order valence-corrected chi connectivity index (χ0v) is 12.9. The minimum Gasteiger partial charge on any atom is -0.310 e. The lowest BCUT2D eigenvalue weighted by Crippen LogP contribution is -2.15. The second-order valence-electron chi connectivity index (χ2n) is 4.59. The summed E-state index contributed by atoms with van der Waals surface area (Å²) < 4.78 is 1.14. The summed E-state index contributed by atoms with van der Waals surface area (Å²) in [7, 11) is 0. The number of rotatable bonds is 4. The van der Waals surface area contributed by atoms with E-state index in [0.717, 1.165) is 22.1 Å². The highest BCUT2D eigenvalue weighted by atomic mass is 79.9. The van der Waals surface area contributed by atoms with Crippen LogP contribution in [0.25, 0.3) is 11.1 Å².